The Morgan fingerprint density at radius 1 is 0.886 bits per heavy atom. The first-order valence-corrected chi connectivity index (χ1v) is 10.4. The number of urea groups is 2. The number of nitrogens with one attached hydrogen (secondary N) is 2. The third-order valence-electron chi connectivity index (χ3n) is 4.45. The minimum Gasteiger partial charge on any atom is -0.503 e. The number of amides is 8. The van der Waals surface area contributed by atoms with E-state index < -0.39 is 68.4 Å². The number of benzene rings is 1. The van der Waals surface area contributed by atoms with Crippen molar-refractivity contribution in [3.05, 3.63) is 42.0 Å². The summed E-state index contributed by atoms with van der Waals surface area (Å²) in [5, 5.41) is 14.1. The molecule has 2 heterocycles. The van der Waals surface area contributed by atoms with Gasteiger partial charge in [-0.2, -0.15) is 18.2 Å². The Morgan fingerprint density at radius 3 is 1.63 bits per heavy atom. The van der Waals surface area contributed by atoms with Crippen molar-refractivity contribution in [1.29, 1.82) is 0 Å². The average Bonchev–Trinajstić information content (AvgIpc) is 3.26. The number of imide groups is 6. The van der Waals surface area contributed by atoms with Crippen LogP contribution in [0.2, 0.25) is 0 Å². The molecule has 3 rings (SSSR count). The minimum atomic E-state index is -5.06. The summed E-state index contributed by atoms with van der Waals surface area (Å²) in [4.78, 5) is 71.5. The monoisotopic (exact) mass is 517 g/mol. The fourth-order valence-electron chi connectivity index (χ4n) is 2.90. The molecule has 15 nitrogen and oxygen atoms in total. The van der Waals surface area contributed by atoms with E-state index in [1.807, 2.05) is 0 Å². The van der Waals surface area contributed by atoms with E-state index in [0.29, 0.717) is 6.07 Å². The molecule has 17 heteroatoms. The molecule has 0 saturated carbocycles. The van der Waals surface area contributed by atoms with Crippen molar-refractivity contribution in [2.45, 2.75) is 11.1 Å². The van der Waals surface area contributed by atoms with Crippen LogP contribution in [0.5, 0.6) is 11.5 Å². The number of nitrogens with zero attached hydrogens (tertiary/aromatic N) is 2. The fraction of sp³-hybridized carbons (Fsp3) is 0.111. The molecule has 4 N–H and O–H groups in total. The van der Waals surface area contributed by atoms with Gasteiger partial charge in [-0.15, -0.1) is 0 Å². The maximum Gasteiger partial charge on any atom is 1.00 e. The second kappa shape index (κ2) is 10.4. The van der Waals surface area contributed by atoms with E-state index in [1.54, 1.807) is 0 Å². The molecule has 0 radical (unpaired) electrons. The standard InChI is InChI=1S/C18H14N4O11S.Na/c1-33-9-6-8(7-10(15(9)27)34(30,31)32)16(19-17(28)21-11(23)2-3-12(21)24)20-18(29)22-13(25)4-5-14(22)26;/h2-7,16,27H,1H3,(H,19,28)(H,20,29)(H,30,31,32);/q;+1. The Hall–Kier alpha value is -3.57. The molecule has 0 aliphatic carbocycles. The third kappa shape index (κ3) is 5.57. The zero-order valence-electron chi connectivity index (χ0n) is 17.9. The van der Waals surface area contributed by atoms with Crippen LogP contribution < -0.4 is 44.9 Å². The molecule has 1 aromatic carbocycles. The second-order valence-electron chi connectivity index (χ2n) is 6.57. The van der Waals surface area contributed by atoms with Crippen LogP contribution in [-0.4, -0.2) is 70.7 Å². The number of carbonyl (C=O) groups is 6. The molecule has 0 atom stereocenters. The van der Waals surface area contributed by atoms with Gasteiger partial charge in [0.15, 0.2) is 11.5 Å². The van der Waals surface area contributed by atoms with Crippen molar-refractivity contribution in [2.24, 2.45) is 0 Å². The predicted octanol–water partition coefficient (Wildman–Crippen LogP) is -4.08. The summed E-state index contributed by atoms with van der Waals surface area (Å²) in [6, 6.07) is -1.17. The van der Waals surface area contributed by atoms with Crippen LogP contribution in [0.3, 0.4) is 0 Å². The molecular formula is C18H14N4NaO11S+. The van der Waals surface area contributed by atoms with Crippen molar-refractivity contribution in [2.75, 3.05) is 7.11 Å². The number of phenols is 1. The van der Waals surface area contributed by atoms with Crippen LogP contribution in [0.1, 0.15) is 11.7 Å². The van der Waals surface area contributed by atoms with Crippen LogP contribution in [0.25, 0.3) is 0 Å². The van der Waals surface area contributed by atoms with Crippen LogP contribution in [0, 0.1) is 0 Å². The Balaban J connectivity index is 0.00000432. The van der Waals surface area contributed by atoms with Gasteiger partial charge < -0.3 is 20.5 Å². The molecule has 0 unspecified atom stereocenters. The van der Waals surface area contributed by atoms with Gasteiger partial charge in [0.2, 0.25) is 0 Å². The average molecular weight is 517 g/mol. The first-order chi connectivity index (χ1) is 15.8. The summed E-state index contributed by atoms with van der Waals surface area (Å²) in [6.45, 7) is 0. The van der Waals surface area contributed by atoms with Gasteiger partial charge in [-0.1, -0.05) is 0 Å². The SMILES string of the molecule is COc1cc(C(NC(=O)N2C(=O)C=CC2=O)NC(=O)N2C(=O)C=CC2=O)cc(S(=O)(=O)O)c1O.[Na+]. The molecule has 178 valence electrons. The molecule has 0 spiro atoms. The van der Waals surface area contributed by atoms with Gasteiger partial charge >= 0.3 is 41.6 Å². The van der Waals surface area contributed by atoms with E-state index >= 15 is 0 Å². The zero-order chi connectivity index (χ0) is 25.4. The van der Waals surface area contributed by atoms with Crippen LogP contribution in [0.15, 0.2) is 41.3 Å². The Labute approximate surface area is 218 Å². The van der Waals surface area contributed by atoms with E-state index in [0.717, 1.165) is 37.5 Å². The van der Waals surface area contributed by atoms with Gasteiger partial charge in [0.25, 0.3) is 33.7 Å². The van der Waals surface area contributed by atoms with Crippen molar-refractivity contribution in [3.8, 4) is 11.5 Å². The van der Waals surface area contributed by atoms with E-state index in [2.05, 4.69) is 10.6 Å². The summed E-state index contributed by atoms with van der Waals surface area (Å²) in [5.41, 5.74) is -0.372. The number of aromatic hydroxyl groups is 1. The van der Waals surface area contributed by atoms with Crippen molar-refractivity contribution in [1.82, 2.24) is 20.4 Å². The largest absolute Gasteiger partial charge is 1.00 e. The van der Waals surface area contributed by atoms with E-state index in [1.165, 1.54) is 0 Å². The first-order valence-electron chi connectivity index (χ1n) is 8.96. The molecule has 8 amide bonds. The molecule has 2 aliphatic heterocycles. The van der Waals surface area contributed by atoms with E-state index in [-0.39, 0.29) is 44.9 Å². The van der Waals surface area contributed by atoms with Gasteiger partial charge in [-0.3, -0.25) is 23.7 Å². The van der Waals surface area contributed by atoms with E-state index in [4.69, 9.17) is 4.74 Å². The molecule has 0 saturated heterocycles. The first kappa shape index (κ1) is 27.7. The molecule has 0 fully saturated rings. The fourth-order valence-corrected chi connectivity index (χ4v) is 3.53. The Morgan fingerprint density at radius 2 is 1.29 bits per heavy atom. The summed E-state index contributed by atoms with van der Waals surface area (Å²) in [7, 11) is -4.03. The number of carbonyl (C=O) groups excluding carboxylic acids is 6. The van der Waals surface area contributed by atoms with Crippen LogP contribution in [0.4, 0.5) is 9.59 Å². The van der Waals surface area contributed by atoms with Crippen molar-refractivity contribution < 1.29 is 81.1 Å². The van der Waals surface area contributed by atoms with Crippen molar-refractivity contribution in [3.63, 3.8) is 0 Å². The van der Waals surface area contributed by atoms with Crippen molar-refractivity contribution >= 4 is 45.8 Å². The molecule has 0 aromatic heterocycles. The second-order valence-corrected chi connectivity index (χ2v) is 7.96. The number of hydrogen-bond acceptors (Lipinski definition) is 10. The number of phenolic OH excluding ortho intramolecular Hbond substituents is 1. The molecular weight excluding hydrogens is 503 g/mol. The quantitative estimate of drug-likeness (QED) is 0.127. The summed E-state index contributed by atoms with van der Waals surface area (Å²) in [5.74, 6) is -5.63. The molecule has 1 aromatic rings. The van der Waals surface area contributed by atoms with Crippen LogP contribution in [-0.2, 0) is 29.3 Å². The molecule has 0 bridgehead atoms. The van der Waals surface area contributed by atoms with Gasteiger partial charge in [0.05, 0.1) is 7.11 Å². The van der Waals surface area contributed by atoms with Gasteiger partial charge in [-0.25, -0.2) is 9.59 Å². The zero-order valence-corrected chi connectivity index (χ0v) is 20.7. The normalized spacial score (nSPS) is 15.1. The molecule has 2 aliphatic rings. The summed E-state index contributed by atoms with van der Waals surface area (Å²) >= 11 is 0. The number of methoxy groups -OCH3 is 1. The van der Waals surface area contributed by atoms with Gasteiger partial charge in [0.1, 0.15) is 11.1 Å². The van der Waals surface area contributed by atoms with E-state index in [9.17, 15) is 46.8 Å². The van der Waals surface area contributed by atoms with Gasteiger partial charge in [-0.05, 0) is 17.7 Å². The maximum atomic E-state index is 12.6. The Kier molecular flexibility index (Phi) is 8.19. The summed E-state index contributed by atoms with van der Waals surface area (Å²) < 4.78 is 37.6. The third-order valence-corrected chi connectivity index (χ3v) is 5.32. The number of hydrogen-bond donors (Lipinski definition) is 4. The minimum absolute atomic E-state index is 0. The topological polar surface area (TPSA) is 217 Å². The smallest absolute Gasteiger partial charge is 0.503 e. The predicted molar refractivity (Wildman–Crippen MR) is 106 cm³/mol. The summed E-state index contributed by atoms with van der Waals surface area (Å²) in [6.07, 6.45) is 1.36. The van der Waals surface area contributed by atoms with Gasteiger partial charge in [0, 0.05) is 24.3 Å². The maximum absolute atomic E-state index is 12.6. The number of ether oxygens (including phenoxy) is 1. The molecule has 35 heavy (non-hydrogen) atoms. The number of rotatable bonds is 5. The van der Waals surface area contributed by atoms with Crippen LogP contribution >= 0.6 is 0 Å². The Bertz CT molecular complexity index is 1230.